The molecular weight excluding hydrogens is 343 g/mol. The molecule has 7 heteroatoms. The molecule has 136 valence electrons. The summed E-state index contributed by atoms with van der Waals surface area (Å²) in [6.07, 6.45) is 0. The van der Waals surface area contributed by atoms with Gasteiger partial charge in [-0.05, 0) is 31.5 Å². The molecule has 0 amide bonds. The van der Waals surface area contributed by atoms with E-state index in [1.807, 2.05) is 36.4 Å². The molecule has 0 heterocycles. The maximum absolute atomic E-state index is 12.9. The number of rotatable bonds is 9. The van der Waals surface area contributed by atoms with Gasteiger partial charge in [0, 0.05) is 5.56 Å². The largest absolute Gasteiger partial charge is 0.530 e. The first-order valence-corrected chi connectivity index (χ1v) is 9.43. The Morgan fingerprint density at radius 3 is 2.00 bits per heavy atom. The van der Waals surface area contributed by atoms with Gasteiger partial charge in [-0.1, -0.05) is 30.3 Å². The standard InChI is InChI=1S/C18H23O6P/c1-5-22-25(19,23-6-2)24-17-15(14-10-8-7-9-11-14)12-13-16(20-3)18(17)21-4/h7-13H,5-6H2,1-4H3. The molecule has 0 aliphatic carbocycles. The Bertz CT molecular complexity index is 722. The third-order valence-corrected chi connectivity index (χ3v) is 4.92. The van der Waals surface area contributed by atoms with Crippen molar-refractivity contribution in [1.82, 2.24) is 0 Å². The molecule has 0 fully saturated rings. The topological polar surface area (TPSA) is 63.2 Å². The second kappa shape index (κ2) is 8.90. The number of methoxy groups -OCH3 is 2. The number of phosphoric ester groups is 1. The lowest BCUT2D eigenvalue weighted by molar-refractivity contribution is 0.166. The van der Waals surface area contributed by atoms with E-state index in [1.165, 1.54) is 14.2 Å². The van der Waals surface area contributed by atoms with Crippen molar-refractivity contribution < 1.29 is 27.6 Å². The quantitative estimate of drug-likeness (QED) is 0.586. The Morgan fingerprint density at radius 2 is 1.48 bits per heavy atom. The van der Waals surface area contributed by atoms with Gasteiger partial charge >= 0.3 is 7.82 Å². The van der Waals surface area contributed by atoms with Gasteiger partial charge in [-0.15, -0.1) is 0 Å². The monoisotopic (exact) mass is 366 g/mol. The lowest BCUT2D eigenvalue weighted by Crippen LogP contribution is -2.05. The second-order valence-corrected chi connectivity index (χ2v) is 6.51. The van der Waals surface area contributed by atoms with Gasteiger partial charge in [0.25, 0.3) is 0 Å². The summed E-state index contributed by atoms with van der Waals surface area (Å²) in [5.41, 5.74) is 1.57. The fourth-order valence-electron chi connectivity index (χ4n) is 2.35. The maximum Gasteiger partial charge on any atom is 0.530 e. The summed E-state index contributed by atoms with van der Waals surface area (Å²) in [5, 5.41) is 0. The number of hydrogen-bond donors (Lipinski definition) is 0. The van der Waals surface area contributed by atoms with Gasteiger partial charge in [0.2, 0.25) is 5.75 Å². The smallest absolute Gasteiger partial charge is 0.493 e. The molecule has 2 aromatic rings. The second-order valence-electron chi connectivity index (χ2n) is 4.92. The molecule has 0 unspecified atom stereocenters. The minimum Gasteiger partial charge on any atom is -0.493 e. The number of benzene rings is 2. The highest BCUT2D eigenvalue weighted by Crippen LogP contribution is 2.55. The summed E-state index contributed by atoms with van der Waals surface area (Å²) in [6.45, 7) is 3.81. The van der Waals surface area contributed by atoms with E-state index in [2.05, 4.69) is 0 Å². The van der Waals surface area contributed by atoms with Crippen molar-refractivity contribution in [3.05, 3.63) is 42.5 Å². The lowest BCUT2D eigenvalue weighted by atomic mass is 10.0. The highest BCUT2D eigenvalue weighted by Gasteiger charge is 2.31. The van der Waals surface area contributed by atoms with E-state index in [4.69, 9.17) is 23.0 Å². The SMILES string of the molecule is CCOP(=O)(OCC)Oc1c(-c2ccccc2)ccc(OC)c1OC. The summed E-state index contributed by atoms with van der Waals surface area (Å²) in [5.74, 6) is 1.03. The first-order chi connectivity index (χ1) is 12.1. The van der Waals surface area contributed by atoms with Crippen molar-refractivity contribution >= 4 is 7.82 Å². The van der Waals surface area contributed by atoms with Crippen molar-refractivity contribution in [3.63, 3.8) is 0 Å². The van der Waals surface area contributed by atoms with Crippen LogP contribution in [0.2, 0.25) is 0 Å². The highest BCUT2D eigenvalue weighted by atomic mass is 31.2. The number of hydrogen-bond acceptors (Lipinski definition) is 6. The van der Waals surface area contributed by atoms with E-state index < -0.39 is 7.82 Å². The fraction of sp³-hybridized carbons (Fsp3) is 0.333. The summed E-state index contributed by atoms with van der Waals surface area (Å²) < 4.78 is 39.9. The van der Waals surface area contributed by atoms with Crippen LogP contribution < -0.4 is 14.0 Å². The van der Waals surface area contributed by atoms with Crippen LogP contribution in [-0.2, 0) is 13.6 Å². The predicted molar refractivity (Wildman–Crippen MR) is 96.5 cm³/mol. The molecule has 2 rings (SSSR count). The Labute approximate surface area is 148 Å². The summed E-state index contributed by atoms with van der Waals surface area (Å²) in [4.78, 5) is 0. The Kier molecular flexibility index (Phi) is 6.88. The van der Waals surface area contributed by atoms with Crippen molar-refractivity contribution in [2.75, 3.05) is 27.4 Å². The van der Waals surface area contributed by atoms with Crippen molar-refractivity contribution in [3.8, 4) is 28.4 Å². The van der Waals surface area contributed by atoms with Crippen LogP contribution in [0.1, 0.15) is 13.8 Å². The Hall–Kier alpha value is -2.01. The van der Waals surface area contributed by atoms with Crippen molar-refractivity contribution in [1.29, 1.82) is 0 Å². The third kappa shape index (κ3) is 4.54. The third-order valence-electron chi connectivity index (χ3n) is 3.36. The van der Waals surface area contributed by atoms with Gasteiger partial charge in [0.05, 0.1) is 27.4 Å². The summed E-state index contributed by atoms with van der Waals surface area (Å²) in [7, 11) is -0.780. The van der Waals surface area contributed by atoms with Gasteiger partial charge in [0.15, 0.2) is 11.5 Å². The Morgan fingerprint density at radius 1 is 0.840 bits per heavy atom. The van der Waals surface area contributed by atoms with Gasteiger partial charge in [0.1, 0.15) is 0 Å². The molecule has 0 radical (unpaired) electrons. The first kappa shape index (κ1) is 19.3. The maximum atomic E-state index is 12.9. The first-order valence-electron chi connectivity index (χ1n) is 7.97. The van der Waals surface area contributed by atoms with Gasteiger partial charge in [-0.3, -0.25) is 9.05 Å². The molecule has 0 atom stereocenters. The molecule has 25 heavy (non-hydrogen) atoms. The van der Waals surface area contributed by atoms with E-state index in [0.717, 1.165) is 5.56 Å². The predicted octanol–water partition coefficient (Wildman–Crippen LogP) is 4.93. The molecule has 0 N–H and O–H groups in total. The molecule has 0 saturated carbocycles. The molecular formula is C18H23O6P. The average molecular weight is 366 g/mol. The molecule has 0 saturated heterocycles. The van der Waals surface area contributed by atoms with E-state index in [0.29, 0.717) is 17.1 Å². The lowest BCUT2D eigenvalue weighted by Gasteiger charge is -2.22. The van der Waals surface area contributed by atoms with Crippen LogP contribution in [0, 0.1) is 0 Å². The molecule has 0 aliphatic heterocycles. The molecule has 0 spiro atoms. The van der Waals surface area contributed by atoms with Crippen LogP contribution >= 0.6 is 7.82 Å². The van der Waals surface area contributed by atoms with Gasteiger partial charge < -0.3 is 14.0 Å². The van der Waals surface area contributed by atoms with Crippen LogP contribution in [0.15, 0.2) is 42.5 Å². The van der Waals surface area contributed by atoms with E-state index in [-0.39, 0.29) is 19.0 Å². The fourth-order valence-corrected chi connectivity index (χ4v) is 3.57. The normalized spacial score (nSPS) is 11.2. The van der Waals surface area contributed by atoms with E-state index >= 15 is 0 Å². The minimum absolute atomic E-state index is 0.185. The molecule has 6 nitrogen and oxygen atoms in total. The highest BCUT2D eigenvalue weighted by molar-refractivity contribution is 7.48. The average Bonchev–Trinajstić information content (AvgIpc) is 2.62. The van der Waals surface area contributed by atoms with Crippen LogP contribution in [0.25, 0.3) is 11.1 Å². The number of ether oxygens (including phenoxy) is 2. The van der Waals surface area contributed by atoms with Crippen LogP contribution in [0.5, 0.6) is 17.2 Å². The zero-order chi connectivity index (χ0) is 18.3. The molecule has 0 aromatic heterocycles. The van der Waals surface area contributed by atoms with Gasteiger partial charge in [-0.2, -0.15) is 0 Å². The molecule has 0 bridgehead atoms. The van der Waals surface area contributed by atoms with Crippen molar-refractivity contribution in [2.24, 2.45) is 0 Å². The van der Waals surface area contributed by atoms with Crippen molar-refractivity contribution in [2.45, 2.75) is 13.8 Å². The molecule has 2 aromatic carbocycles. The van der Waals surface area contributed by atoms with Gasteiger partial charge in [-0.25, -0.2) is 4.57 Å². The summed E-state index contributed by atoms with van der Waals surface area (Å²) in [6, 6.07) is 13.1. The summed E-state index contributed by atoms with van der Waals surface area (Å²) >= 11 is 0. The zero-order valence-electron chi connectivity index (χ0n) is 14.9. The molecule has 0 aliphatic rings. The Balaban J connectivity index is 2.61. The number of phosphoric acid groups is 1. The van der Waals surface area contributed by atoms with Crippen LogP contribution in [-0.4, -0.2) is 27.4 Å². The minimum atomic E-state index is -3.79. The van der Waals surface area contributed by atoms with Crippen LogP contribution in [0.4, 0.5) is 0 Å². The van der Waals surface area contributed by atoms with E-state index in [1.54, 1.807) is 19.9 Å². The zero-order valence-corrected chi connectivity index (χ0v) is 15.7. The van der Waals surface area contributed by atoms with Crippen LogP contribution in [0.3, 0.4) is 0 Å². The van der Waals surface area contributed by atoms with E-state index in [9.17, 15) is 4.57 Å².